The van der Waals surface area contributed by atoms with Gasteiger partial charge in [0.25, 0.3) is 0 Å². The van der Waals surface area contributed by atoms with Crippen LogP contribution in [0.5, 0.6) is 0 Å². The molecule has 1 rings (SSSR count). The molecule has 0 unspecified atom stereocenters. The fourth-order valence-electron chi connectivity index (χ4n) is 1.75. The van der Waals surface area contributed by atoms with Crippen molar-refractivity contribution < 1.29 is 0 Å². The van der Waals surface area contributed by atoms with Gasteiger partial charge in [0.1, 0.15) is 0 Å². The van der Waals surface area contributed by atoms with Crippen LogP contribution in [0.15, 0.2) is 24.3 Å². The van der Waals surface area contributed by atoms with Crippen molar-refractivity contribution in [3.63, 3.8) is 0 Å². The molecule has 1 heteroatoms. The summed E-state index contributed by atoms with van der Waals surface area (Å²) in [5, 5.41) is 0. The standard InChI is InChI=1S/C17H25N/c1-6-18(7-2)14-8-9-15-10-12-16(13-11-15)17(3,4)5/h10-13H,6-7,14H2,1-5H3. The lowest BCUT2D eigenvalue weighted by Gasteiger charge is -2.18. The van der Waals surface area contributed by atoms with Crippen LogP contribution < -0.4 is 0 Å². The minimum absolute atomic E-state index is 0.215. The Morgan fingerprint density at radius 1 is 1.00 bits per heavy atom. The first-order valence-electron chi connectivity index (χ1n) is 6.79. The zero-order valence-electron chi connectivity index (χ0n) is 12.4. The van der Waals surface area contributed by atoms with E-state index in [1.165, 1.54) is 5.56 Å². The normalized spacial score (nSPS) is 11.2. The minimum atomic E-state index is 0.215. The molecule has 0 aliphatic heterocycles. The maximum Gasteiger partial charge on any atom is 0.0605 e. The molecule has 18 heavy (non-hydrogen) atoms. The Kier molecular flexibility index (Phi) is 5.44. The van der Waals surface area contributed by atoms with E-state index >= 15 is 0 Å². The summed E-state index contributed by atoms with van der Waals surface area (Å²) in [6.45, 7) is 14.0. The van der Waals surface area contributed by atoms with Crippen LogP contribution in [0, 0.1) is 11.8 Å². The lowest BCUT2D eigenvalue weighted by atomic mass is 9.87. The van der Waals surface area contributed by atoms with Crippen molar-refractivity contribution in [1.82, 2.24) is 4.90 Å². The van der Waals surface area contributed by atoms with Crippen LogP contribution in [0.1, 0.15) is 45.7 Å². The predicted molar refractivity (Wildman–Crippen MR) is 79.8 cm³/mol. The van der Waals surface area contributed by atoms with Gasteiger partial charge in [0.2, 0.25) is 0 Å². The van der Waals surface area contributed by atoms with Crippen LogP contribution in [0.3, 0.4) is 0 Å². The van der Waals surface area contributed by atoms with Crippen molar-refractivity contribution in [2.45, 2.75) is 40.0 Å². The quantitative estimate of drug-likeness (QED) is 0.732. The van der Waals surface area contributed by atoms with Crippen molar-refractivity contribution in [3.05, 3.63) is 35.4 Å². The Labute approximate surface area is 112 Å². The van der Waals surface area contributed by atoms with Gasteiger partial charge >= 0.3 is 0 Å². The SMILES string of the molecule is CCN(CC)CC#Cc1ccc(C(C)(C)C)cc1. The summed E-state index contributed by atoms with van der Waals surface area (Å²) in [5.41, 5.74) is 2.68. The summed E-state index contributed by atoms with van der Waals surface area (Å²) < 4.78 is 0. The average Bonchev–Trinajstić information content (AvgIpc) is 2.34. The predicted octanol–water partition coefficient (Wildman–Crippen LogP) is 3.68. The molecule has 0 aliphatic carbocycles. The van der Waals surface area contributed by atoms with E-state index < -0.39 is 0 Å². The summed E-state index contributed by atoms with van der Waals surface area (Å²) in [7, 11) is 0. The molecule has 0 aliphatic rings. The number of hydrogen-bond donors (Lipinski definition) is 0. The van der Waals surface area contributed by atoms with Crippen molar-refractivity contribution in [1.29, 1.82) is 0 Å². The summed E-state index contributed by atoms with van der Waals surface area (Å²) >= 11 is 0. The first-order chi connectivity index (χ1) is 8.47. The summed E-state index contributed by atoms with van der Waals surface area (Å²) in [6, 6.07) is 8.61. The Morgan fingerprint density at radius 2 is 1.56 bits per heavy atom. The van der Waals surface area contributed by atoms with Crippen LogP contribution in [0.2, 0.25) is 0 Å². The second-order valence-corrected chi connectivity index (χ2v) is 5.59. The first-order valence-corrected chi connectivity index (χ1v) is 6.79. The van der Waals surface area contributed by atoms with E-state index in [0.29, 0.717) is 0 Å². The monoisotopic (exact) mass is 243 g/mol. The van der Waals surface area contributed by atoms with Crippen LogP contribution in [0.25, 0.3) is 0 Å². The number of rotatable bonds is 3. The average molecular weight is 243 g/mol. The second-order valence-electron chi connectivity index (χ2n) is 5.59. The smallest absolute Gasteiger partial charge is 0.0605 e. The molecule has 1 aromatic carbocycles. The van der Waals surface area contributed by atoms with Gasteiger partial charge in [-0.1, -0.05) is 58.6 Å². The van der Waals surface area contributed by atoms with Gasteiger partial charge in [0.15, 0.2) is 0 Å². The molecular formula is C17H25N. The molecule has 0 fully saturated rings. The minimum Gasteiger partial charge on any atom is -0.293 e. The summed E-state index contributed by atoms with van der Waals surface area (Å²) in [5.74, 6) is 6.47. The van der Waals surface area contributed by atoms with Crippen molar-refractivity contribution in [3.8, 4) is 11.8 Å². The van der Waals surface area contributed by atoms with E-state index in [-0.39, 0.29) is 5.41 Å². The maximum atomic E-state index is 3.24. The first kappa shape index (κ1) is 14.8. The molecule has 0 atom stereocenters. The van der Waals surface area contributed by atoms with Gasteiger partial charge in [-0.3, -0.25) is 4.90 Å². The molecule has 0 saturated carbocycles. The van der Waals surface area contributed by atoms with E-state index in [4.69, 9.17) is 0 Å². The molecule has 0 spiro atoms. The van der Waals surface area contributed by atoms with Gasteiger partial charge in [0.05, 0.1) is 6.54 Å². The highest BCUT2D eigenvalue weighted by atomic mass is 15.1. The van der Waals surface area contributed by atoms with Crippen LogP contribution >= 0.6 is 0 Å². The van der Waals surface area contributed by atoms with Crippen LogP contribution in [-0.2, 0) is 5.41 Å². The number of benzene rings is 1. The molecule has 0 saturated heterocycles. The largest absolute Gasteiger partial charge is 0.293 e. The van der Waals surface area contributed by atoms with Gasteiger partial charge in [-0.2, -0.15) is 0 Å². The second kappa shape index (κ2) is 6.61. The maximum absolute atomic E-state index is 3.24. The summed E-state index contributed by atoms with van der Waals surface area (Å²) in [6.07, 6.45) is 0. The molecule has 0 bridgehead atoms. The molecule has 0 amide bonds. The van der Waals surface area contributed by atoms with Crippen molar-refractivity contribution in [2.24, 2.45) is 0 Å². The van der Waals surface area contributed by atoms with E-state index in [1.807, 2.05) is 0 Å². The topological polar surface area (TPSA) is 3.24 Å². The third kappa shape index (κ3) is 4.55. The highest BCUT2D eigenvalue weighted by Crippen LogP contribution is 2.21. The zero-order chi connectivity index (χ0) is 13.6. The van der Waals surface area contributed by atoms with Gasteiger partial charge in [-0.15, -0.1) is 0 Å². The number of nitrogens with zero attached hydrogens (tertiary/aromatic N) is 1. The molecule has 1 nitrogen and oxygen atoms in total. The Hall–Kier alpha value is -1.26. The van der Waals surface area contributed by atoms with Crippen molar-refractivity contribution >= 4 is 0 Å². The van der Waals surface area contributed by atoms with Crippen LogP contribution in [0.4, 0.5) is 0 Å². The van der Waals surface area contributed by atoms with Gasteiger partial charge < -0.3 is 0 Å². The molecule has 98 valence electrons. The van der Waals surface area contributed by atoms with Gasteiger partial charge in [-0.05, 0) is 36.2 Å². The highest BCUT2D eigenvalue weighted by Gasteiger charge is 2.12. The third-order valence-corrected chi connectivity index (χ3v) is 3.18. The van der Waals surface area contributed by atoms with Crippen LogP contribution in [-0.4, -0.2) is 24.5 Å². The van der Waals surface area contributed by atoms with E-state index in [9.17, 15) is 0 Å². The third-order valence-electron chi connectivity index (χ3n) is 3.18. The fraction of sp³-hybridized carbons (Fsp3) is 0.529. The van der Waals surface area contributed by atoms with Crippen molar-refractivity contribution in [2.75, 3.05) is 19.6 Å². The van der Waals surface area contributed by atoms with Gasteiger partial charge in [0, 0.05) is 5.56 Å². The summed E-state index contributed by atoms with van der Waals surface area (Å²) in [4.78, 5) is 2.32. The van der Waals surface area contributed by atoms with E-state index in [2.05, 4.69) is 75.6 Å². The Morgan fingerprint density at radius 3 is 2.00 bits per heavy atom. The molecule has 0 aromatic heterocycles. The molecular weight excluding hydrogens is 218 g/mol. The zero-order valence-corrected chi connectivity index (χ0v) is 12.4. The molecule has 0 radical (unpaired) electrons. The molecule has 0 N–H and O–H groups in total. The van der Waals surface area contributed by atoms with E-state index in [1.54, 1.807) is 0 Å². The van der Waals surface area contributed by atoms with E-state index in [0.717, 1.165) is 25.2 Å². The fourth-order valence-corrected chi connectivity index (χ4v) is 1.75. The highest BCUT2D eigenvalue weighted by molar-refractivity contribution is 5.38. The number of hydrogen-bond acceptors (Lipinski definition) is 1. The van der Waals surface area contributed by atoms with Gasteiger partial charge in [-0.25, -0.2) is 0 Å². The Bertz CT molecular complexity index is 408. The lowest BCUT2D eigenvalue weighted by molar-refractivity contribution is 0.342. The molecule has 0 heterocycles. The Balaban J connectivity index is 2.67. The molecule has 1 aromatic rings. The lowest BCUT2D eigenvalue weighted by Crippen LogP contribution is -2.22.